The monoisotopic (exact) mass is 655 g/mol. The highest BCUT2D eigenvalue weighted by molar-refractivity contribution is 6.23. The average Bonchev–Trinajstić information content (AvgIpc) is 3.69. The summed E-state index contributed by atoms with van der Waals surface area (Å²) in [5.41, 5.74) is 16.8. The van der Waals surface area contributed by atoms with Crippen molar-refractivity contribution in [2.24, 2.45) is 0 Å². The average molecular weight is 656 g/mol. The van der Waals surface area contributed by atoms with E-state index >= 15 is 0 Å². The van der Waals surface area contributed by atoms with Gasteiger partial charge in [-0.05, 0) is 78.9 Å². The van der Waals surface area contributed by atoms with Gasteiger partial charge in [0, 0.05) is 56.8 Å². The summed E-state index contributed by atoms with van der Waals surface area (Å²) in [5.74, 6) is 0.344. The molecule has 0 fully saturated rings. The maximum absolute atomic E-state index is 4.89. The van der Waals surface area contributed by atoms with Crippen molar-refractivity contribution >= 4 is 43.8 Å². The molecule has 0 N–H and O–H groups in total. The maximum Gasteiger partial charge on any atom is 0.218 e. The Morgan fingerprint density at radius 2 is 1.41 bits per heavy atom. The molecule has 5 aromatic carbocycles. The van der Waals surface area contributed by atoms with Gasteiger partial charge in [0.15, 0.2) is 24.1 Å². The third-order valence-corrected chi connectivity index (χ3v) is 12.0. The molecule has 2 unspecified atom stereocenters. The van der Waals surface area contributed by atoms with Crippen LogP contribution < -0.4 is 9.13 Å². The first-order valence-corrected chi connectivity index (χ1v) is 18.2. The molecule has 0 amide bonds. The molecule has 11 rings (SSSR count). The van der Waals surface area contributed by atoms with Crippen LogP contribution in [0.5, 0.6) is 0 Å². The Morgan fingerprint density at radius 1 is 0.647 bits per heavy atom. The van der Waals surface area contributed by atoms with Gasteiger partial charge in [-0.1, -0.05) is 84.9 Å². The minimum atomic E-state index is 0.249. The number of nitrogens with zero attached hydrogens (tertiary/aromatic N) is 3. The first-order chi connectivity index (χ1) is 25.1. The summed E-state index contributed by atoms with van der Waals surface area (Å²) in [6.45, 7) is 7.15. The number of hydrogen-bond donors (Lipinski definition) is 0. The van der Waals surface area contributed by atoms with E-state index in [2.05, 4.69) is 166 Å². The topological polar surface area (TPSA) is 12.2 Å². The maximum atomic E-state index is 4.89. The summed E-state index contributed by atoms with van der Waals surface area (Å²) in [6, 6.07) is 49.9. The van der Waals surface area contributed by atoms with Crippen LogP contribution in [0.15, 0.2) is 152 Å². The molecule has 0 aliphatic carbocycles. The van der Waals surface area contributed by atoms with Crippen molar-refractivity contribution in [3.63, 3.8) is 0 Å². The number of para-hydroxylation sites is 2. The number of rotatable bonds is 1. The molecule has 2 aliphatic heterocycles. The predicted octanol–water partition coefficient (Wildman–Crippen LogP) is 10.9. The molecule has 4 aromatic heterocycles. The van der Waals surface area contributed by atoms with E-state index < -0.39 is 0 Å². The van der Waals surface area contributed by atoms with Gasteiger partial charge in [0.1, 0.15) is 0 Å². The highest BCUT2D eigenvalue weighted by Crippen LogP contribution is 2.46. The van der Waals surface area contributed by atoms with Crippen molar-refractivity contribution in [3.8, 4) is 33.6 Å². The van der Waals surface area contributed by atoms with Crippen molar-refractivity contribution in [1.29, 1.82) is 0 Å². The summed E-state index contributed by atoms with van der Waals surface area (Å²) in [7, 11) is 0. The minimum absolute atomic E-state index is 0.249. The van der Waals surface area contributed by atoms with Crippen molar-refractivity contribution in [1.82, 2.24) is 4.40 Å². The van der Waals surface area contributed by atoms with E-state index in [1.54, 1.807) is 0 Å². The number of hydrogen-bond acceptors (Lipinski definition) is 0. The molecular weight excluding hydrogens is 619 g/mol. The fourth-order valence-electron chi connectivity index (χ4n) is 9.67. The van der Waals surface area contributed by atoms with Gasteiger partial charge in [-0.25, -0.2) is 0 Å². The Hall–Kier alpha value is -6.06. The third-order valence-electron chi connectivity index (χ3n) is 12.0. The van der Waals surface area contributed by atoms with Crippen LogP contribution in [0.4, 0.5) is 0 Å². The fourth-order valence-corrected chi connectivity index (χ4v) is 9.67. The smallest absolute Gasteiger partial charge is 0.218 e. The zero-order chi connectivity index (χ0) is 33.8. The van der Waals surface area contributed by atoms with Gasteiger partial charge < -0.3 is 4.40 Å². The lowest BCUT2D eigenvalue weighted by Gasteiger charge is -2.31. The van der Waals surface area contributed by atoms with Gasteiger partial charge in [0.2, 0.25) is 11.4 Å². The summed E-state index contributed by atoms with van der Waals surface area (Å²) in [5, 5.41) is 5.27. The highest BCUT2D eigenvalue weighted by atomic mass is 15.0. The van der Waals surface area contributed by atoms with E-state index in [0.717, 1.165) is 25.0 Å². The quantitative estimate of drug-likeness (QED) is 0.156. The number of benzene rings is 5. The molecule has 0 bridgehead atoms. The molecule has 0 radical (unpaired) electrons. The Balaban J connectivity index is 1.21. The van der Waals surface area contributed by atoms with Gasteiger partial charge in [-0.2, -0.15) is 9.13 Å². The van der Waals surface area contributed by atoms with Crippen LogP contribution in [0.1, 0.15) is 41.5 Å². The second kappa shape index (κ2) is 10.7. The zero-order valence-electron chi connectivity index (χ0n) is 28.7. The van der Waals surface area contributed by atoms with Gasteiger partial charge in [-0.3, -0.25) is 0 Å². The van der Waals surface area contributed by atoms with E-state index in [1.165, 1.54) is 88.4 Å². The molecule has 6 heterocycles. The summed E-state index contributed by atoms with van der Waals surface area (Å²) in [4.78, 5) is 0. The van der Waals surface area contributed by atoms with E-state index in [4.69, 9.17) is 6.58 Å². The van der Waals surface area contributed by atoms with Crippen LogP contribution in [0, 0.1) is 6.92 Å². The predicted molar refractivity (Wildman–Crippen MR) is 209 cm³/mol. The van der Waals surface area contributed by atoms with E-state index in [0.29, 0.717) is 5.92 Å². The summed E-state index contributed by atoms with van der Waals surface area (Å²) < 4.78 is 7.49. The van der Waals surface area contributed by atoms with Gasteiger partial charge >= 0.3 is 0 Å². The third kappa shape index (κ3) is 4.06. The van der Waals surface area contributed by atoms with Crippen LogP contribution >= 0.6 is 0 Å². The molecule has 9 aromatic rings. The molecule has 242 valence electrons. The molecule has 51 heavy (non-hydrogen) atoms. The second-order valence-corrected chi connectivity index (χ2v) is 14.6. The van der Waals surface area contributed by atoms with Gasteiger partial charge in [0.05, 0.1) is 28.5 Å². The minimum Gasteiger partial charge on any atom is -0.308 e. The number of fused-ring (bicyclic) bond motifs is 15. The number of aromatic nitrogens is 3. The Labute approximate surface area is 297 Å². The molecule has 3 heteroatoms. The molecule has 2 atom stereocenters. The summed E-state index contributed by atoms with van der Waals surface area (Å²) >= 11 is 0. The lowest BCUT2D eigenvalue weighted by molar-refractivity contribution is -0.720. The van der Waals surface area contributed by atoms with Crippen molar-refractivity contribution in [2.45, 2.75) is 38.1 Å². The summed E-state index contributed by atoms with van der Waals surface area (Å²) in [6.07, 6.45) is 7.54. The molecule has 2 aliphatic rings. The standard InChI is InChI=1S/C48H37N3/c1-30-25-45-40-28-41-39-19-12-18-38-36-17-8-9-21-44(36)51(48(38)39)47(41)27-33(40)22-23-37-34-15-6-7-16-35(34)43-20-10-11-24-49(43)46(37)26-31(2)50(45)29-42(30)32-13-4-3-5-14-32/h3-21,24-25,27-29,37,46H,2,22-23,26H2,1H3/q+2. The van der Waals surface area contributed by atoms with E-state index in [-0.39, 0.29) is 6.04 Å². The van der Waals surface area contributed by atoms with Gasteiger partial charge in [0.25, 0.3) is 0 Å². The van der Waals surface area contributed by atoms with E-state index in [9.17, 15) is 0 Å². The number of pyridine rings is 2. The lowest BCUT2D eigenvalue weighted by Crippen LogP contribution is -2.49. The van der Waals surface area contributed by atoms with Crippen LogP contribution in [-0.4, -0.2) is 4.40 Å². The molecular formula is C48H37N3+2. The van der Waals surface area contributed by atoms with Crippen LogP contribution in [0.2, 0.25) is 0 Å². The fraction of sp³-hybridized carbons (Fsp3) is 0.125. The Morgan fingerprint density at radius 3 is 2.31 bits per heavy atom. The SMILES string of the molecule is C=C1CC2C(CCc3cc4c(cc3-c3cc(C)c(-c5ccccc5)c[n+]31)c1cccc3c5ccccc5n4c31)c1ccccc1-c1cccc[n+]12. The molecule has 0 saturated heterocycles. The largest absolute Gasteiger partial charge is 0.308 e. The van der Waals surface area contributed by atoms with E-state index in [1.807, 2.05) is 0 Å². The van der Waals surface area contributed by atoms with Crippen LogP contribution in [0.3, 0.4) is 0 Å². The highest BCUT2D eigenvalue weighted by Gasteiger charge is 2.42. The van der Waals surface area contributed by atoms with Gasteiger partial charge in [-0.15, -0.1) is 0 Å². The van der Waals surface area contributed by atoms with Crippen molar-refractivity contribution in [3.05, 3.63) is 169 Å². The second-order valence-electron chi connectivity index (χ2n) is 14.6. The molecule has 0 spiro atoms. The molecule has 3 nitrogen and oxygen atoms in total. The first-order valence-electron chi connectivity index (χ1n) is 18.2. The Bertz CT molecular complexity index is 2880. The normalized spacial score (nSPS) is 16.9. The number of aryl methyl sites for hydroxylation is 2. The van der Waals surface area contributed by atoms with Crippen molar-refractivity contribution in [2.75, 3.05) is 0 Å². The number of allylic oxidation sites excluding steroid dienone is 1. The van der Waals surface area contributed by atoms with Crippen molar-refractivity contribution < 1.29 is 9.13 Å². The zero-order valence-corrected chi connectivity index (χ0v) is 28.7. The Kier molecular flexibility index (Phi) is 6.04. The molecule has 0 saturated carbocycles. The van der Waals surface area contributed by atoms with Crippen LogP contribution in [-0.2, 0) is 6.42 Å². The first kappa shape index (κ1) is 28.7. The lowest BCUT2D eigenvalue weighted by atomic mass is 9.77. The van der Waals surface area contributed by atoms with Crippen LogP contribution in [0.25, 0.3) is 77.4 Å².